The number of piperazine rings is 1. The predicted octanol–water partition coefficient (Wildman–Crippen LogP) is 5.35. The number of carbonyl (C=O) groups excluding carboxylic acids is 1. The van der Waals surface area contributed by atoms with Crippen LogP contribution >= 0.6 is 11.6 Å². The summed E-state index contributed by atoms with van der Waals surface area (Å²) >= 11 is 6.36. The number of nitrogens with zero attached hydrogens (tertiary/aromatic N) is 5. The standard InChI is InChI=1S/C31H28ClFN6O/c1-38-12-14-39(15-13-38)28(40)16-20-6-9-23(10-7-20)36-31-35-19-21-18-34-30(25-4-2-3-5-27(25)33)26-17-22(32)8-11-24(26)29(21)37-31/h2-11,17,19H,12-16,18H2,1H3,(H,35,36,37). The Hall–Kier alpha value is -4.14. The number of aromatic nitrogens is 2. The molecular formula is C31H28ClFN6O. The van der Waals surface area contributed by atoms with Crippen molar-refractivity contribution in [2.24, 2.45) is 4.99 Å². The molecule has 9 heteroatoms. The number of fused-ring (bicyclic) bond motifs is 3. The van der Waals surface area contributed by atoms with E-state index in [1.54, 1.807) is 36.5 Å². The van der Waals surface area contributed by atoms with Crippen LogP contribution in [0.2, 0.25) is 5.02 Å². The maximum absolute atomic E-state index is 14.8. The number of amides is 1. The fraction of sp³-hybridized carbons (Fsp3) is 0.226. The zero-order chi connectivity index (χ0) is 27.6. The molecule has 0 aliphatic carbocycles. The van der Waals surface area contributed by atoms with Crippen molar-refractivity contribution in [1.29, 1.82) is 0 Å². The van der Waals surface area contributed by atoms with Gasteiger partial charge in [0.1, 0.15) is 5.82 Å². The summed E-state index contributed by atoms with van der Waals surface area (Å²) in [6.45, 7) is 3.66. The summed E-state index contributed by atoms with van der Waals surface area (Å²) in [7, 11) is 2.08. The van der Waals surface area contributed by atoms with E-state index in [1.165, 1.54) is 6.07 Å². The Morgan fingerprint density at radius 3 is 2.52 bits per heavy atom. The zero-order valence-electron chi connectivity index (χ0n) is 22.1. The molecule has 3 heterocycles. The smallest absolute Gasteiger partial charge is 0.227 e. The molecule has 1 saturated heterocycles. The number of benzene rings is 3. The molecule has 1 aromatic heterocycles. The molecule has 2 aliphatic rings. The molecule has 0 radical (unpaired) electrons. The highest BCUT2D eigenvalue weighted by Gasteiger charge is 2.23. The van der Waals surface area contributed by atoms with Crippen molar-refractivity contribution in [1.82, 2.24) is 19.8 Å². The number of rotatable bonds is 5. The van der Waals surface area contributed by atoms with E-state index in [-0.39, 0.29) is 11.7 Å². The molecule has 0 spiro atoms. The molecule has 7 nitrogen and oxygen atoms in total. The van der Waals surface area contributed by atoms with Gasteiger partial charge in [0.2, 0.25) is 11.9 Å². The molecule has 0 bridgehead atoms. The van der Waals surface area contributed by atoms with Crippen molar-refractivity contribution in [3.63, 3.8) is 0 Å². The third-order valence-corrected chi connectivity index (χ3v) is 7.55. The second kappa shape index (κ2) is 11.2. The van der Waals surface area contributed by atoms with Crippen molar-refractivity contribution in [2.75, 3.05) is 38.5 Å². The van der Waals surface area contributed by atoms with Gasteiger partial charge in [-0.25, -0.2) is 14.4 Å². The zero-order valence-corrected chi connectivity index (χ0v) is 22.8. The highest BCUT2D eigenvalue weighted by atomic mass is 35.5. The molecule has 0 atom stereocenters. The van der Waals surface area contributed by atoms with Gasteiger partial charge in [-0.05, 0) is 49.0 Å². The summed E-state index contributed by atoms with van der Waals surface area (Å²) in [6, 6.07) is 19.8. The third-order valence-electron chi connectivity index (χ3n) is 7.31. The summed E-state index contributed by atoms with van der Waals surface area (Å²) in [5.74, 6) is 0.231. The monoisotopic (exact) mass is 554 g/mol. The van der Waals surface area contributed by atoms with E-state index in [9.17, 15) is 9.18 Å². The Morgan fingerprint density at radius 2 is 1.75 bits per heavy atom. The quantitative estimate of drug-likeness (QED) is 0.360. The first kappa shape index (κ1) is 26.1. The van der Waals surface area contributed by atoms with Crippen molar-refractivity contribution in [3.8, 4) is 11.3 Å². The lowest BCUT2D eigenvalue weighted by Crippen LogP contribution is -2.47. The number of halogens is 2. The second-order valence-electron chi connectivity index (χ2n) is 10.1. The van der Waals surface area contributed by atoms with E-state index < -0.39 is 0 Å². The number of hydrogen-bond acceptors (Lipinski definition) is 6. The van der Waals surface area contributed by atoms with Crippen molar-refractivity contribution >= 4 is 34.9 Å². The Kier molecular flexibility index (Phi) is 7.28. The summed E-state index contributed by atoms with van der Waals surface area (Å²) in [5.41, 5.74) is 5.79. The topological polar surface area (TPSA) is 73.7 Å². The Labute approximate surface area is 237 Å². The van der Waals surface area contributed by atoms with Crippen LogP contribution in [0.1, 0.15) is 22.3 Å². The van der Waals surface area contributed by atoms with Crippen LogP contribution in [0.3, 0.4) is 0 Å². The Morgan fingerprint density at radius 1 is 0.975 bits per heavy atom. The first-order chi connectivity index (χ1) is 19.4. The van der Waals surface area contributed by atoms with Crippen LogP contribution in [0.4, 0.5) is 16.0 Å². The summed E-state index contributed by atoms with van der Waals surface area (Å²) in [4.78, 5) is 31.0. The van der Waals surface area contributed by atoms with Gasteiger partial charge in [0.25, 0.3) is 0 Å². The summed E-state index contributed by atoms with van der Waals surface area (Å²) in [5, 5.41) is 3.80. The molecule has 202 valence electrons. The van der Waals surface area contributed by atoms with Gasteiger partial charge in [-0.2, -0.15) is 0 Å². The number of anilines is 2. The molecule has 6 rings (SSSR count). The molecule has 40 heavy (non-hydrogen) atoms. The minimum atomic E-state index is -0.347. The van der Waals surface area contributed by atoms with Gasteiger partial charge < -0.3 is 15.1 Å². The Balaban J connectivity index is 1.23. The Bertz CT molecular complexity index is 1600. The second-order valence-corrected chi connectivity index (χ2v) is 10.5. The van der Waals surface area contributed by atoms with E-state index in [1.807, 2.05) is 35.2 Å². The van der Waals surface area contributed by atoms with Crippen LogP contribution in [0.25, 0.3) is 11.3 Å². The summed E-state index contributed by atoms with van der Waals surface area (Å²) in [6.07, 6.45) is 2.13. The van der Waals surface area contributed by atoms with Crippen molar-refractivity contribution in [3.05, 3.63) is 106 Å². The van der Waals surface area contributed by atoms with Crippen LogP contribution in [0.5, 0.6) is 0 Å². The van der Waals surface area contributed by atoms with Crippen molar-refractivity contribution in [2.45, 2.75) is 13.0 Å². The van der Waals surface area contributed by atoms with Gasteiger partial charge in [0, 0.05) is 65.3 Å². The molecule has 2 aliphatic heterocycles. The normalized spacial score (nSPS) is 15.1. The maximum Gasteiger partial charge on any atom is 0.227 e. The number of aliphatic imine (C=N–C) groups is 1. The fourth-order valence-corrected chi connectivity index (χ4v) is 5.22. The predicted molar refractivity (Wildman–Crippen MR) is 156 cm³/mol. The van der Waals surface area contributed by atoms with E-state index >= 15 is 0 Å². The number of hydrogen-bond donors (Lipinski definition) is 1. The van der Waals surface area contributed by atoms with E-state index in [0.29, 0.717) is 40.9 Å². The van der Waals surface area contributed by atoms with Gasteiger partial charge in [-0.15, -0.1) is 0 Å². The van der Waals surface area contributed by atoms with E-state index in [2.05, 4.69) is 22.2 Å². The lowest BCUT2D eigenvalue weighted by Gasteiger charge is -2.32. The van der Waals surface area contributed by atoms with Crippen LogP contribution in [0.15, 0.2) is 77.9 Å². The lowest BCUT2D eigenvalue weighted by molar-refractivity contribution is -0.132. The first-order valence-electron chi connectivity index (χ1n) is 13.2. The minimum Gasteiger partial charge on any atom is -0.340 e. The van der Waals surface area contributed by atoms with Gasteiger partial charge >= 0.3 is 0 Å². The largest absolute Gasteiger partial charge is 0.340 e. The lowest BCUT2D eigenvalue weighted by atomic mass is 9.95. The van der Waals surface area contributed by atoms with E-state index in [0.717, 1.165) is 54.1 Å². The molecule has 0 unspecified atom stereocenters. The van der Waals surface area contributed by atoms with Gasteiger partial charge in [-0.3, -0.25) is 9.79 Å². The van der Waals surface area contributed by atoms with Crippen molar-refractivity contribution < 1.29 is 9.18 Å². The van der Waals surface area contributed by atoms with Crippen LogP contribution in [-0.2, 0) is 17.8 Å². The van der Waals surface area contributed by atoms with E-state index in [4.69, 9.17) is 21.6 Å². The number of carbonyl (C=O) groups is 1. The first-order valence-corrected chi connectivity index (χ1v) is 13.6. The molecule has 1 N–H and O–H groups in total. The maximum atomic E-state index is 14.8. The van der Waals surface area contributed by atoms with Crippen LogP contribution in [0, 0.1) is 5.82 Å². The number of likely N-dealkylation sites (N-methyl/N-ethyl adjacent to an activating group) is 1. The minimum absolute atomic E-state index is 0.152. The highest BCUT2D eigenvalue weighted by molar-refractivity contribution is 6.31. The van der Waals surface area contributed by atoms with Gasteiger partial charge in [0.05, 0.1) is 24.4 Å². The molecule has 1 fully saturated rings. The summed E-state index contributed by atoms with van der Waals surface area (Å²) < 4.78 is 14.8. The average Bonchev–Trinajstić information content (AvgIpc) is 3.11. The molecule has 4 aromatic rings. The fourth-order valence-electron chi connectivity index (χ4n) is 5.05. The molecular weight excluding hydrogens is 527 g/mol. The van der Waals surface area contributed by atoms with Gasteiger partial charge in [0.15, 0.2) is 0 Å². The highest BCUT2D eigenvalue weighted by Crippen LogP contribution is 2.34. The number of nitrogens with one attached hydrogen (secondary N) is 1. The molecule has 0 saturated carbocycles. The average molecular weight is 555 g/mol. The molecule has 1 amide bonds. The van der Waals surface area contributed by atoms with Gasteiger partial charge in [-0.1, -0.05) is 41.9 Å². The van der Waals surface area contributed by atoms with Crippen LogP contribution in [-0.4, -0.2) is 64.6 Å². The van der Waals surface area contributed by atoms with Crippen LogP contribution < -0.4 is 5.32 Å². The SMILES string of the molecule is CN1CCN(C(=O)Cc2ccc(Nc3ncc4c(n3)-c3ccc(Cl)cc3C(c3ccccc3F)=NC4)cc2)CC1. The molecule has 3 aromatic carbocycles. The third kappa shape index (κ3) is 5.46.